The van der Waals surface area contributed by atoms with Crippen molar-refractivity contribution in [1.82, 2.24) is 0 Å². The molecule has 76 valence electrons. The summed E-state index contributed by atoms with van der Waals surface area (Å²) < 4.78 is 0.527. The number of aliphatic hydroxyl groups is 1. The Morgan fingerprint density at radius 3 is 2.36 bits per heavy atom. The van der Waals surface area contributed by atoms with Crippen molar-refractivity contribution in [3.8, 4) is 0 Å². The molecule has 0 amide bonds. The molecule has 0 aliphatic heterocycles. The molecule has 1 N–H and O–H groups in total. The van der Waals surface area contributed by atoms with Crippen LogP contribution < -0.4 is 0 Å². The van der Waals surface area contributed by atoms with Gasteiger partial charge in [0.25, 0.3) is 0 Å². The minimum atomic E-state index is -0.944. The topological polar surface area (TPSA) is 20.2 Å². The molecule has 0 saturated heterocycles. The number of rotatable bonds is 3. The maximum Gasteiger partial charge on any atom is 0.0947 e. The average molecular weight is 226 g/mol. The van der Waals surface area contributed by atoms with Gasteiger partial charge in [-0.15, -0.1) is 12.6 Å². The Morgan fingerprint density at radius 2 is 1.93 bits per heavy atom. The number of hydrogen-bond acceptors (Lipinski definition) is 2. The molecular formula is C11H14OS2. The van der Waals surface area contributed by atoms with Crippen LogP contribution in [0.5, 0.6) is 0 Å². The summed E-state index contributed by atoms with van der Waals surface area (Å²) in [6.45, 7) is 3.64. The zero-order valence-electron chi connectivity index (χ0n) is 8.27. The van der Waals surface area contributed by atoms with E-state index in [1.807, 2.05) is 37.3 Å². The minimum absolute atomic E-state index is 0.150. The molecular weight excluding hydrogens is 212 g/mol. The van der Waals surface area contributed by atoms with Crippen molar-refractivity contribution in [2.24, 2.45) is 5.92 Å². The normalized spacial score (nSPS) is 17.1. The fourth-order valence-electron chi connectivity index (χ4n) is 1.27. The van der Waals surface area contributed by atoms with E-state index in [-0.39, 0.29) is 5.92 Å². The highest BCUT2D eigenvalue weighted by molar-refractivity contribution is 8.11. The van der Waals surface area contributed by atoms with Gasteiger partial charge in [0.1, 0.15) is 0 Å². The second kappa shape index (κ2) is 4.43. The van der Waals surface area contributed by atoms with Crippen molar-refractivity contribution in [2.75, 3.05) is 0 Å². The molecule has 2 atom stereocenters. The lowest BCUT2D eigenvalue weighted by Gasteiger charge is -2.29. The summed E-state index contributed by atoms with van der Waals surface area (Å²) in [5.41, 5.74) is -0.0796. The Kier molecular flexibility index (Phi) is 3.70. The molecule has 0 unspecified atom stereocenters. The molecule has 0 heterocycles. The zero-order chi connectivity index (χ0) is 10.8. The predicted octanol–water partition coefficient (Wildman–Crippen LogP) is 2.79. The van der Waals surface area contributed by atoms with E-state index >= 15 is 0 Å². The lowest BCUT2D eigenvalue weighted by molar-refractivity contribution is 0.0295. The van der Waals surface area contributed by atoms with Crippen LogP contribution in [0, 0.1) is 5.92 Å². The molecule has 0 spiro atoms. The van der Waals surface area contributed by atoms with E-state index in [9.17, 15) is 5.11 Å². The van der Waals surface area contributed by atoms with E-state index < -0.39 is 5.60 Å². The molecule has 1 aromatic carbocycles. The fourth-order valence-corrected chi connectivity index (χ4v) is 1.75. The Balaban J connectivity index is 3.02. The summed E-state index contributed by atoms with van der Waals surface area (Å²) in [4.78, 5) is 0. The second-order valence-corrected chi connectivity index (χ2v) is 4.80. The summed E-state index contributed by atoms with van der Waals surface area (Å²) in [7, 11) is 0. The van der Waals surface area contributed by atoms with Crippen molar-refractivity contribution in [2.45, 2.75) is 19.4 Å². The molecule has 0 aromatic heterocycles. The highest BCUT2D eigenvalue weighted by atomic mass is 32.1. The average Bonchev–Trinajstić information content (AvgIpc) is 2.18. The van der Waals surface area contributed by atoms with E-state index in [0.29, 0.717) is 4.20 Å². The van der Waals surface area contributed by atoms with Crippen LogP contribution in [0.4, 0.5) is 0 Å². The van der Waals surface area contributed by atoms with Crippen molar-refractivity contribution >= 4 is 29.0 Å². The minimum Gasteiger partial charge on any atom is -0.385 e. The third kappa shape index (κ3) is 2.35. The summed E-state index contributed by atoms with van der Waals surface area (Å²) in [6.07, 6.45) is 0. The lowest BCUT2D eigenvalue weighted by atomic mass is 9.85. The van der Waals surface area contributed by atoms with E-state index in [2.05, 4.69) is 12.6 Å². The van der Waals surface area contributed by atoms with Crippen LogP contribution >= 0.6 is 24.8 Å². The van der Waals surface area contributed by atoms with Gasteiger partial charge in [-0.1, -0.05) is 49.5 Å². The number of thiol groups is 1. The highest BCUT2D eigenvalue weighted by Gasteiger charge is 2.31. The van der Waals surface area contributed by atoms with Gasteiger partial charge in [0, 0.05) is 5.92 Å². The molecule has 0 fully saturated rings. The SMILES string of the molecule is C[C@H](C(=S)S)[C@](C)(O)c1ccccc1. The Bertz CT molecular complexity index is 319. The van der Waals surface area contributed by atoms with Gasteiger partial charge < -0.3 is 5.11 Å². The largest absolute Gasteiger partial charge is 0.385 e. The molecule has 3 heteroatoms. The number of benzene rings is 1. The first kappa shape index (κ1) is 11.7. The van der Waals surface area contributed by atoms with Crippen molar-refractivity contribution in [3.63, 3.8) is 0 Å². The molecule has 14 heavy (non-hydrogen) atoms. The van der Waals surface area contributed by atoms with Gasteiger partial charge in [0.05, 0.1) is 9.80 Å². The summed E-state index contributed by atoms with van der Waals surface area (Å²) in [5.74, 6) is -0.150. The van der Waals surface area contributed by atoms with E-state index in [1.165, 1.54) is 0 Å². The van der Waals surface area contributed by atoms with Crippen LogP contribution in [-0.2, 0) is 5.60 Å². The standard InChI is InChI=1S/C11H14OS2/c1-8(10(13)14)11(2,12)9-6-4-3-5-7-9/h3-8,12H,1-2H3,(H,13,14)/t8-,11+/m1/s1. The third-order valence-electron chi connectivity index (χ3n) is 2.57. The fraction of sp³-hybridized carbons (Fsp3) is 0.364. The number of thiocarbonyl (C=S) groups is 1. The Morgan fingerprint density at radius 1 is 1.43 bits per heavy atom. The molecule has 0 aliphatic rings. The smallest absolute Gasteiger partial charge is 0.0947 e. The van der Waals surface area contributed by atoms with Crippen LogP contribution in [0.3, 0.4) is 0 Å². The molecule has 1 rings (SSSR count). The maximum absolute atomic E-state index is 10.3. The van der Waals surface area contributed by atoms with Crippen LogP contribution in [0.15, 0.2) is 30.3 Å². The monoisotopic (exact) mass is 226 g/mol. The second-order valence-electron chi connectivity index (χ2n) is 3.57. The van der Waals surface area contributed by atoms with Gasteiger partial charge in [0.15, 0.2) is 0 Å². The van der Waals surface area contributed by atoms with Crippen LogP contribution in [0.25, 0.3) is 0 Å². The molecule has 1 aromatic rings. The molecule has 1 nitrogen and oxygen atoms in total. The van der Waals surface area contributed by atoms with Crippen LogP contribution in [0.1, 0.15) is 19.4 Å². The van der Waals surface area contributed by atoms with Crippen LogP contribution in [0.2, 0.25) is 0 Å². The van der Waals surface area contributed by atoms with Crippen molar-refractivity contribution in [1.29, 1.82) is 0 Å². The molecule has 0 aliphatic carbocycles. The lowest BCUT2D eigenvalue weighted by Crippen LogP contribution is -2.32. The Hall–Kier alpha value is -0.380. The third-order valence-corrected chi connectivity index (χ3v) is 3.31. The van der Waals surface area contributed by atoms with Crippen molar-refractivity contribution < 1.29 is 5.11 Å². The predicted molar refractivity (Wildman–Crippen MR) is 66.8 cm³/mol. The van der Waals surface area contributed by atoms with Crippen molar-refractivity contribution in [3.05, 3.63) is 35.9 Å². The quantitative estimate of drug-likeness (QED) is 0.610. The molecule has 0 bridgehead atoms. The van der Waals surface area contributed by atoms with Gasteiger partial charge >= 0.3 is 0 Å². The number of hydrogen-bond donors (Lipinski definition) is 2. The van der Waals surface area contributed by atoms with Gasteiger partial charge in [-0.2, -0.15) is 0 Å². The summed E-state index contributed by atoms with van der Waals surface area (Å²) in [5, 5.41) is 10.3. The first-order chi connectivity index (χ1) is 6.46. The summed E-state index contributed by atoms with van der Waals surface area (Å²) in [6, 6.07) is 9.50. The van der Waals surface area contributed by atoms with E-state index in [4.69, 9.17) is 12.2 Å². The zero-order valence-corrected chi connectivity index (χ0v) is 9.98. The molecule has 0 radical (unpaired) electrons. The van der Waals surface area contributed by atoms with E-state index in [0.717, 1.165) is 5.56 Å². The van der Waals surface area contributed by atoms with Gasteiger partial charge in [-0.25, -0.2) is 0 Å². The van der Waals surface area contributed by atoms with E-state index in [1.54, 1.807) is 6.92 Å². The van der Waals surface area contributed by atoms with Gasteiger partial charge in [-0.3, -0.25) is 0 Å². The maximum atomic E-state index is 10.3. The van der Waals surface area contributed by atoms with Gasteiger partial charge in [-0.05, 0) is 12.5 Å². The van der Waals surface area contributed by atoms with Gasteiger partial charge in [0.2, 0.25) is 0 Å². The molecule has 0 saturated carbocycles. The highest BCUT2D eigenvalue weighted by Crippen LogP contribution is 2.30. The summed E-state index contributed by atoms with van der Waals surface area (Å²) >= 11 is 9.08. The Labute approximate surface area is 95.6 Å². The first-order valence-corrected chi connectivity index (χ1v) is 5.32. The van der Waals surface area contributed by atoms with Crippen LogP contribution in [-0.4, -0.2) is 9.30 Å². The first-order valence-electron chi connectivity index (χ1n) is 4.47.